The van der Waals surface area contributed by atoms with Gasteiger partial charge in [-0.05, 0) is 43.4 Å². The van der Waals surface area contributed by atoms with Gasteiger partial charge in [0.2, 0.25) is 0 Å². The molecule has 1 atom stereocenters. The minimum atomic E-state index is -2.47. The van der Waals surface area contributed by atoms with Crippen molar-refractivity contribution in [3.63, 3.8) is 0 Å². The van der Waals surface area contributed by atoms with E-state index in [0.29, 0.717) is 25.7 Å². The molecule has 2 N–H and O–H groups in total. The fraction of sp³-hybridized carbons (Fsp3) is 0.625. The summed E-state index contributed by atoms with van der Waals surface area (Å²) >= 11 is 0. The average Bonchev–Trinajstić information content (AvgIpc) is 3.00. The summed E-state index contributed by atoms with van der Waals surface area (Å²) in [7, 11) is 0. The maximum absolute atomic E-state index is 13.3. The van der Waals surface area contributed by atoms with Gasteiger partial charge in [-0.1, -0.05) is 12.1 Å². The predicted molar refractivity (Wildman–Crippen MR) is 73.6 cm³/mol. The lowest BCUT2D eigenvalue weighted by atomic mass is 9.82. The van der Waals surface area contributed by atoms with Crippen molar-refractivity contribution < 1.29 is 18.3 Å². The molecule has 2 fully saturated rings. The molecule has 1 unspecified atom stereocenters. The van der Waals surface area contributed by atoms with E-state index in [2.05, 4.69) is 5.32 Å². The van der Waals surface area contributed by atoms with Crippen LogP contribution in [0.25, 0.3) is 0 Å². The minimum Gasteiger partial charge on any atom is -0.394 e. The number of nitrogens with one attached hydrogen (secondary N) is 1. The lowest BCUT2D eigenvalue weighted by molar-refractivity contribution is 0.0424. The summed E-state index contributed by atoms with van der Waals surface area (Å²) in [6.45, 7) is -0.0938. The Bertz CT molecular complexity index is 495. The lowest BCUT2D eigenvalue weighted by Crippen LogP contribution is -2.38. The Hall–Kier alpha value is -1.07. The quantitative estimate of drug-likeness (QED) is 0.893. The Kier molecular flexibility index (Phi) is 3.74. The molecule has 0 radical (unpaired) electrons. The Balaban J connectivity index is 1.57. The van der Waals surface area contributed by atoms with E-state index in [0.717, 1.165) is 5.56 Å². The maximum atomic E-state index is 13.3. The van der Waals surface area contributed by atoms with Gasteiger partial charge in [-0.2, -0.15) is 0 Å². The summed E-state index contributed by atoms with van der Waals surface area (Å²) in [6.07, 6.45) is 2.52. The summed E-state index contributed by atoms with van der Waals surface area (Å²) in [6, 6.07) is 5.87. The van der Waals surface area contributed by atoms with Crippen molar-refractivity contribution in [3.8, 4) is 0 Å². The first kappa shape index (κ1) is 14.9. The number of aliphatic hydroxyl groups excluding tert-OH is 1. The molecule has 116 valence electrons. The normalized spacial score (nSPS) is 32.1. The molecule has 21 heavy (non-hydrogen) atoms. The van der Waals surface area contributed by atoms with Crippen LogP contribution in [-0.4, -0.2) is 23.7 Å². The molecule has 2 nitrogen and oxygen atoms in total. The molecule has 0 aromatic heterocycles. The molecular weight excluding hydrogens is 279 g/mol. The largest absolute Gasteiger partial charge is 0.394 e. The average molecular weight is 299 g/mol. The molecule has 2 aliphatic carbocycles. The van der Waals surface area contributed by atoms with Crippen molar-refractivity contribution in [1.82, 2.24) is 5.32 Å². The van der Waals surface area contributed by atoms with E-state index < -0.39 is 11.3 Å². The Morgan fingerprint density at radius 1 is 1.19 bits per heavy atom. The van der Waals surface area contributed by atoms with Crippen molar-refractivity contribution in [2.75, 3.05) is 6.61 Å². The molecule has 0 amide bonds. The van der Waals surface area contributed by atoms with Gasteiger partial charge in [-0.3, -0.25) is 0 Å². The van der Waals surface area contributed by atoms with Crippen LogP contribution >= 0.6 is 0 Å². The van der Waals surface area contributed by atoms with Crippen LogP contribution in [0.2, 0.25) is 0 Å². The molecule has 0 bridgehead atoms. The summed E-state index contributed by atoms with van der Waals surface area (Å²) in [5.41, 5.74) is 0.0754. The molecule has 1 aromatic rings. The number of aliphatic hydroxyl groups is 1. The second-order valence-corrected chi connectivity index (χ2v) is 6.39. The fourth-order valence-corrected chi connectivity index (χ4v) is 3.49. The summed E-state index contributed by atoms with van der Waals surface area (Å²) < 4.78 is 39.6. The smallest absolute Gasteiger partial charge is 0.254 e. The first-order chi connectivity index (χ1) is 9.96. The van der Waals surface area contributed by atoms with Gasteiger partial charge in [0.05, 0.1) is 12.6 Å². The topological polar surface area (TPSA) is 32.3 Å². The van der Waals surface area contributed by atoms with Crippen LogP contribution in [-0.2, 0) is 0 Å². The van der Waals surface area contributed by atoms with E-state index in [9.17, 15) is 18.3 Å². The number of hydrogen-bond donors (Lipinski definition) is 2. The third-order valence-corrected chi connectivity index (χ3v) is 5.05. The van der Waals surface area contributed by atoms with Crippen molar-refractivity contribution in [2.24, 2.45) is 5.41 Å². The fourth-order valence-electron chi connectivity index (χ4n) is 3.49. The molecule has 2 saturated carbocycles. The molecule has 1 spiro atoms. The van der Waals surface area contributed by atoms with Gasteiger partial charge in [0.1, 0.15) is 5.82 Å². The zero-order valence-corrected chi connectivity index (χ0v) is 11.8. The SMILES string of the molecule is OCC(NC1CCC2(CC1)CC2(F)F)c1ccc(F)cc1. The van der Waals surface area contributed by atoms with Gasteiger partial charge in [0.15, 0.2) is 0 Å². The van der Waals surface area contributed by atoms with E-state index in [1.165, 1.54) is 12.1 Å². The first-order valence-electron chi connectivity index (χ1n) is 7.46. The van der Waals surface area contributed by atoms with Crippen LogP contribution in [0.5, 0.6) is 0 Å². The van der Waals surface area contributed by atoms with Gasteiger partial charge in [0, 0.05) is 17.9 Å². The monoisotopic (exact) mass is 299 g/mol. The van der Waals surface area contributed by atoms with Gasteiger partial charge in [0.25, 0.3) is 5.92 Å². The lowest BCUT2D eigenvalue weighted by Gasteiger charge is -2.32. The second-order valence-electron chi connectivity index (χ2n) is 6.39. The van der Waals surface area contributed by atoms with Gasteiger partial charge in [-0.25, -0.2) is 13.2 Å². The highest BCUT2D eigenvalue weighted by molar-refractivity contribution is 5.20. The summed E-state index contributed by atoms with van der Waals surface area (Å²) in [5, 5.41) is 12.8. The van der Waals surface area contributed by atoms with E-state index in [-0.39, 0.29) is 30.9 Å². The number of halogens is 3. The number of alkyl halides is 2. The van der Waals surface area contributed by atoms with E-state index in [4.69, 9.17) is 0 Å². The van der Waals surface area contributed by atoms with Crippen LogP contribution in [0, 0.1) is 11.2 Å². The van der Waals surface area contributed by atoms with Crippen LogP contribution in [0.15, 0.2) is 24.3 Å². The third-order valence-electron chi connectivity index (χ3n) is 5.05. The molecule has 0 aliphatic heterocycles. The Labute approximate surface area is 122 Å². The molecule has 2 aliphatic rings. The second kappa shape index (κ2) is 5.29. The van der Waals surface area contributed by atoms with Gasteiger partial charge >= 0.3 is 0 Å². The highest BCUT2D eigenvalue weighted by Crippen LogP contribution is 2.67. The van der Waals surface area contributed by atoms with E-state index in [1.54, 1.807) is 12.1 Å². The summed E-state index contributed by atoms with van der Waals surface area (Å²) in [5.74, 6) is -2.78. The predicted octanol–water partition coefficient (Wildman–Crippen LogP) is 3.42. The van der Waals surface area contributed by atoms with Crippen LogP contribution in [0.4, 0.5) is 13.2 Å². The zero-order chi connectivity index (χ0) is 15.1. The van der Waals surface area contributed by atoms with E-state index in [1.807, 2.05) is 0 Å². The highest BCUT2D eigenvalue weighted by atomic mass is 19.3. The standard InChI is InChI=1S/C16H20F3NO/c17-12-3-1-11(2-4-12)14(9-21)20-13-5-7-15(8-6-13)10-16(15,18)19/h1-4,13-14,20-21H,5-10H2. The Morgan fingerprint density at radius 2 is 1.76 bits per heavy atom. The molecule has 0 heterocycles. The van der Waals surface area contributed by atoms with Crippen LogP contribution in [0.1, 0.15) is 43.7 Å². The molecular formula is C16H20F3NO. The van der Waals surface area contributed by atoms with Crippen molar-refractivity contribution >= 4 is 0 Å². The maximum Gasteiger partial charge on any atom is 0.254 e. The van der Waals surface area contributed by atoms with Crippen LogP contribution < -0.4 is 5.32 Å². The van der Waals surface area contributed by atoms with Crippen molar-refractivity contribution in [1.29, 1.82) is 0 Å². The number of hydrogen-bond acceptors (Lipinski definition) is 2. The third kappa shape index (κ3) is 2.81. The Morgan fingerprint density at radius 3 is 2.24 bits per heavy atom. The van der Waals surface area contributed by atoms with E-state index >= 15 is 0 Å². The molecule has 0 saturated heterocycles. The number of rotatable bonds is 4. The van der Waals surface area contributed by atoms with Crippen molar-refractivity contribution in [2.45, 2.75) is 50.1 Å². The van der Waals surface area contributed by atoms with Crippen molar-refractivity contribution in [3.05, 3.63) is 35.6 Å². The molecule has 5 heteroatoms. The van der Waals surface area contributed by atoms with Gasteiger partial charge in [-0.15, -0.1) is 0 Å². The first-order valence-corrected chi connectivity index (χ1v) is 7.46. The zero-order valence-electron chi connectivity index (χ0n) is 11.8. The molecule has 1 aromatic carbocycles. The molecule has 3 rings (SSSR count). The van der Waals surface area contributed by atoms with Gasteiger partial charge < -0.3 is 10.4 Å². The summed E-state index contributed by atoms with van der Waals surface area (Å²) in [4.78, 5) is 0. The minimum absolute atomic E-state index is 0.0358. The number of benzene rings is 1. The van der Waals surface area contributed by atoms with Crippen LogP contribution in [0.3, 0.4) is 0 Å². The highest BCUT2D eigenvalue weighted by Gasteiger charge is 2.70.